The number of anilines is 1. The van der Waals surface area contributed by atoms with Gasteiger partial charge in [-0.25, -0.2) is 4.39 Å². The number of hydrogen-bond acceptors (Lipinski definition) is 3. The van der Waals surface area contributed by atoms with E-state index in [2.05, 4.69) is 10.5 Å². The number of nitrogens with zero attached hydrogens (tertiary/aromatic N) is 1. The van der Waals surface area contributed by atoms with Crippen LogP contribution >= 0.6 is 0 Å². The zero-order valence-corrected chi connectivity index (χ0v) is 12.4. The van der Waals surface area contributed by atoms with Crippen LogP contribution in [0.4, 0.5) is 10.1 Å². The zero-order chi connectivity index (χ0) is 15.3. The lowest BCUT2D eigenvalue weighted by molar-refractivity contribution is 0.131. The van der Waals surface area contributed by atoms with Crippen molar-refractivity contribution in [3.05, 3.63) is 59.9 Å². The Morgan fingerprint density at radius 3 is 2.19 bits per heavy atom. The molecule has 0 aliphatic rings. The van der Waals surface area contributed by atoms with E-state index in [1.807, 2.05) is 45.0 Å². The van der Waals surface area contributed by atoms with Gasteiger partial charge in [0, 0.05) is 0 Å². The van der Waals surface area contributed by atoms with Gasteiger partial charge in [0.1, 0.15) is 17.2 Å². The van der Waals surface area contributed by atoms with Crippen LogP contribution in [0.15, 0.2) is 53.6 Å². The maximum absolute atomic E-state index is 12.8. The Morgan fingerprint density at radius 2 is 1.62 bits per heavy atom. The average Bonchev–Trinajstić information content (AvgIpc) is 2.41. The number of halogens is 1. The summed E-state index contributed by atoms with van der Waals surface area (Å²) in [4.78, 5) is 0. The number of hydrogen-bond donors (Lipinski definition) is 1. The fourth-order valence-corrected chi connectivity index (χ4v) is 1.68. The second-order valence-corrected chi connectivity index (χ2v) is 5.66. The molecule has 3 nitrogen and oxygen atoms in total. The van der Waals surface area contributed by atoms with Crippen molar-refractivity contribution < 1.29 is 9.13 Å². The molecule has 0 aliphatic heterocycles. The molecular weight excluding hydrogens is 267 g/mol. The second kappa shape index (κ2) is 6.39. The van der Waals surface area contributed by atoms with Crippen molar-refractivity contribution in [2.24, 2.45) is 5.10 Å². The molecule has 0 amide bonds. The number of hydrazone groups is 1. The first-order chi connectivity index (χ1) is 9.92. The first-order valence-electron chi connectivity index (χ1n) is 6.76. The molecule has 0 unspecified atom stereocenters. The molecule has 0 aliphatic carbocycles. The number of benzene rings is 2. The lowest BCUT2D eigenvalue weighted by Gasteiger charge is -2.21. The predicted molar refractivity (Wildman–Crippen MR) is 84.4 cm³/mol. The third-order valence-corrected chi connectivity index (χ3v) is 2.56. The van der Waals surface area contributed by atoms with E-state index in [4.69, 9.17) is 4.74 Å². The molecule has 0 fully saturated rings. The van der Waals surface area contributed by atoms with E-state index in [1.54, 1.807) is 18.3 Å². The minimum atomic E-state index is -0.265. The SMILES string of the molecule is CC(C)(C)Oc1ccc(/C=N/Nc2ccc(F)cc2)cc1. The molecule has 110 valence electrons. The molecule has 4 heteroatoms. The molecule has 2 aromatic rings. The molecule has 0 saturated carbocycles. The van der Waals surface area contributed by atoms with Crippen LogP contribution in [0.5, 0.6) is 5.75 Å². The summed E-state index contributed by atoms with van der Waals surface area (Å²) in [5.41, 5.74) is 4.32. The topological polar surface area (TPSA) is 33.6 Å². The smallest absolute Gasteiger partial charge is 0.123 e. The van der Waals surface area contributed by atoms with E-state index in [0.29, 0.717) is 0 Å². The molecule has 0 atom stereocenters. The van der Waals surface area contributed by atoms with Gasteiger partial charge in [-0.05, 0) is 74.9 Å². The second-order valence-electron chi connectivity index (χ2n) is 5.66. The highest BCUT2D eigenvalue weighted by molar-refractivity contribution is 5.80. The minimum Gasteiger partial charge on any atom is -0.488 e. The minimum absolute atomic E-state index is 0.209. The van der Waals surface area contributed by atoms with Gasteiger partial charge in [-0.1, -0.05) is 0 Å². The van der Waals surface area contributed by atoms with Crippen LogP contribution in [-0.4, -0.2) is 11.8 Å². The summed E-state index contributed by atoms with van der Waals surface area (Å²) in [6.07, 6.45) is 1.70. The Bertz CT molecular complexity index is 598. The predicted octanol–water partition coefficient (Wildman–Crippen LogP) is 4.45. The average molecular weight is 286 g/mol. The summed E-state index contributed by atoms with van der Waals surface area (Å²) in [5.74, 6) is 0.560. The van der Waals surface area contributed by atoms with Gasteiger partial charge in [0.15, 0.2) is 0 Å². The molecule has 0 bridgehead atoms. The van der Waals surface area contributed by atoms with Gasteiger partial charge in [-0.2, -0.15) is 5.10 Å². The van der Waals surface area contributed by atoms with Crippen molar-refractivity contribution in [3.63, 3.8) is 0 Å². The van der Waals surface area contributed by atoms with Crippen molar-refractivity contribution in [2.45, 2.75) is 26.4 Å². The fourth-order valence-electron chi connectivity index (χ4n) is 1.68. The molecule has 0 aromatic heterocycles. The fraction of sp³-hybridized carbons (Fsp3) is 0.235. The maximum atomic E-state index is 12.8. The van der Waals surface area contributed by atoms with E-state index >= 15 is 0 Å². The summed E-state index contributed by atoms with van der Waals surface area (Å²) in [6.45, 7) is 6.03. The highest BCUT2D eigenvalue weighted by atomic mass is 19.1. The summed E-state index contributed by atoms with van der Waals surface area (Å²) in [7, 11) is 0. The van der Waals surface area contributed by atoms with E-state index in [1.165, 1.54) is 12.1 Å². The van der Waals surface area contributed by atoms with Gasteiger partial charge in [-0.3, -0.25) is 5.43 Å². The lowest BCUT2D eigenvalue weighted by Crippen LogP contribution is -2.22. The van der Waals surface area contributed by atoms with Crippen molar-refractivity contribution in [1.29, 1.82) is 0 Å². The first-order valence-corrected chi connectivity index (χ1v) is 6.76. The Balaban J connectivity index is 1.93. The molecule has 2 aromatic carbocycles. The molecule has 0 radical (unpaired) electrons. The van der Waals surface area contributed by atoms with Gasteiger partial charge in [0.2, 0.25) is 0 Å². The zero-order valence-electron chi connectivity index (χ0n) is 12.4. The van der Waals surface area contributed by atoms with E-state index in [9.17, 15) is 4.39 Å². The van der Waals surface area contributed by atoms with Crippen LogP contribution in [0.25, 0.3) is 0 Å². The number of ether oxygens (including phenoxy) is 1. The van der Waals surface area contributed by atoms with Crippen molar-refractivity contribution in [2.75, 3.05) is 5.43 Å². The molecule has 2 rings (SSSR count). The largest absolute Gasteiger partial charge is 0.488 e. The third kappa shape index (κ3) is 5.26. The van der Waals surface area contributed by atoms with Crippen LogP contribution < -0.4 is 10.2 Å². The molecule has 0 saturated heterocycles. The summed E-state index contributed by atoms with van der Waals surface area (Å²) < 4.78 is 18.5. The van der Waals surface area contributed by atoms with E-state index < -0.39 is 0 Å². The lowest BCUT2D eigenvalue weighted by atomic mass is 10.2. The van der Waals surface area contributed by atoms with Gasteiger partial charge in [-0.15, -0.1) is 0 Å². The molecule has 0 heterocycles. The van der Waals surface area contributed by atoms with Crippen molar-refractivity contribution in [1.82, 2.24) is 0 Å². The first kappa shape index (κ1) is 15.0. The van der Waals surface area contributed by atoms with Crippen LogP contribution in [0.1, 0.15) is 26.3 Å². The van der Waals surface area contributed by atoms with Gasteiger partial charge in [0.05, 0.1) is 11.9 Å². The normalized spacial score (nSPS) is 11.6. The highest BCUT2D eigenvalue weighted by Crippen LogP contribution is 2.18. The van der Waals surface area contributed by atoms with Crippen molar-refractivity contribution in [3.8, 4) is 5.75 Å². The van der Waals surface area contributed by atoms with Gasteiger partial charge >= 0.3 is 0 Å². The quantitative estimate of drug-likeness (QED) is 0.665. The summed E-state index contributed by atoms with van der Waals surface area (Å²) in [6, 6.07) is 13.7. The molecular formula is C17H19FN2O. The maximum Gasteiger partial charge on any atom is 0.123 e. The Morgan fingerprint density at radius 1 is 1.00 bits per heavy atom. The summed E-state index contributed by atoms with van der Waals surface area (Å²) in [5, 5.41) is 4.11. The molecule has 21 heavy (non-hydrogen) atoms. The number of rotatable bonds is 4. The monoisotopic (exact) mass is 286 g/mol. The number of nitrogens with one attached hydrogen (secondary N) is 1. The van der Waals surface area contributed by atoms with E-state index in [-0.39, 0.29) is 11.4 Å². The van der Waals surface area contributed by atoms with Crippen molar-refractivity contribution >= 4 is 11.9 Å². The molecule has 1 N–H and O–H groups in total. The van der Waals surface area contributed by atoms with Crippen LogP contribution in [0.2, 0.25) is 0 Å². The van der Waals surface area contributed by atoms with Crippen LogP contribution in [0, 0.1) is 5.82 Å². The third-order valence-electron chi connectivity index (χ3n) is 2.56. The molecule has 0 spiro atoms. The van der Waals surface area contributed by atoms with E-state index in [0.717, 1.165) is 17.0 Å². The van der Waals surface area contributed by atoms with Gasteiger partial charge < -0.3 is 4.74 Å². The Labute approximate surface area is 124 Å². The Hall–Kier alpha value is -2.36. The highest BCUT2D eigenvalue weighted by Gasteiger charge is 2.10. The Kier molecular flexibility index (Phi) is 4.58. The van der Waals surface area contributed by atoms with Crippen LogP contribution in [0.3, 0.4) is 0 Å². The van der Waals surface area contributed by atoms with Crippen LogP contribution in [-0.2, 0) is 0 Å². The van der Waals surface area contributed by atoms with Gasteiger partial charge in [0.25, 0.3) is 0 Å². The summed E-state index contributed by atoms with van der Waals surface area (Å²) >= 11 is 0. The standard InChI is InChI=1S/C17H19FN2O/c1-17(2,3)21-16-10-4-13(5-11-16)12-19-20-15-8-6-14(18)7-9-15/h4-12,20H,1-3H3/b19-12+.